The van der Waals surface area contributed by atoms with Gasteiger partial charge < -0.3 is 25.3 Å². The average Bonchev–Trinajstić information content (AvgIpc) is 3.20. The molecule has 1 unspecified atom stereocenters. The maximum atomic E-state index is 12.6. The highest BCUT2D eigenvalue weighted by molar-refractivity contribution is 6.30. The Bertz CT molecular complexity index is 989. The number of hydrogen-bond acceptors (Lipinski definition) is 7. The lowest BCUT2D eigenvalue weighted by Crippen LogP contribution is -2.50. The van der Waals surface area contributed by atoms with E-state index in [2.05, 4.69) is 20.2 Å². The maximum Gasteiger partial charge on any atom is 0.490 e. The zero-order valence-corrected chi connectivity index (χ0v) is 19.3. The molecule has 1 aromatic carbocycles. The smallest absolute Gasteiger partial charge is 0.475 e. The fourth-order valence-corrected chi connectivity index (χ4v) is 4.06. The number of aliphatic carboxylic acids is 1. The number of rotatable bonds is 4. The Morgan fingerprint density at radius 2 is 1.71 bits per heavy atom. The quantitative estimate of drug-likeness (QED) is 0.567. The van der Waals surface area contributed by atoms with Gasteiger partial charge in [0, 0.05) is 49.0 Å². The second kappa shape index (κ2) is 11.6. The first-order valence-corrected chi connectivity index (χ1v) is 11.2. The normalized spacial score (nSPS) is 20.8. The molecular weight excluding hydrogens is 491 g/mol. The van der Waals surface area contributed by atoms with Crippen LogP contribution >= 0.6 is 11.6 Å². The molecule has 2 atom stereocenters. The van der Waals surface area contributed by atoms with Crippen molar-refractivity contribution in [2.45, 2.75) is 37.2 Å². The molecule has 9 nitrogen and oxygen atoms in total. The molecule has 2 saturated heterocycles. The number of aromatic nitrogens is 2. The second-order valence-electron chi connectivity index (χ2n) is 8.19. The van der Waals surface area contributed by atoms with Crippen molar-refractivity contribution in [3.8, 4) is 0 Å². The van der Waals surface area contributed by atoms with E-state index in [1.54, 1.807) is 30.5 Å². The number of nitrogens with zero attached hydrogens (tertiary/aromatic N) is 4. The standard InChI is InChI=1S/C20H24ClN5O2.C2HF3O2/c21-15-3-1-14(2-4-15)20(28)25-9-6-16(7-10-25)24-17-11-26(12-18(17)27)19-5-8-22-13-23-19;3-2(4,5)1(6)7/h1-5,8,13,16-18,24,27H,6-7,9-12H2;(H,6,7)/t17?,18-;/m1./s1. The summed E-state index contributed by atoms with van der Waals surface area (Å²) in [6.45, 7) is 2.68. The number of hydrogen-bond donors (Lipinski definition) is 3. The molecule has 3 heterocycles. The van der Waals surface area contributed by atoms with E-state index in [1.165, 1.54) is 6.33 Å². The molecule has 4 rings (SSSR count). The molecule has 1 aromatic heterocycles. The second-order valence-corrected chi connectivity index (χ2v) is 8.63. The highest BCUT2D eigenvalue weighted by Gasteiger charge is 2.38. The average molecular weight is 516 g/mol. The number of benzene rings is 1. The van der Waals surface area contributed by atoms with E-state index in [4.69, 9.17) is 21.5 Å². The lowest BCUT2D eigenvalue weighted by Gasteiger charge is -2.34. The van der Waals surface area contributed by atoms with Crippen LogP contribution in [0, 0.1) is 0 Å². The van der Waals surface area contributed by atoms with Gasteiger partial charge in [-0.05, 0) is 43.2 Å². The van der Waals surface area contributed by atoms with Crippen molar-refractivity contribution < 1.29 is 33.0 Å². The predicted molar refractivity (Wildman–Crippen MR) is 121 cm³/mol. The van der Waals surface area contributed by atoms with E-state index in [0.29, 0.717) is 42.8 Å². The molecule has 13 heteroatoms. The van der Waals surface area contributed by atoms with E-state index in [1.807, 2.05) is 11.0 Å². The molecule has 2 fully saturated rings. The van der Waals surface area contributed by atoms with Gasteiger partial charge in [0.2, 0.25) is 0 Å². The number of likely N-dealkylation sites (tertiary alicyclic amines) is 1. The number of carboxylic acid groups (broad SMARTS) is 1. The van der Waals surface area contributed by atoms with Gasteiger partial charge in [-0.15, -0.1) is 0 Å². The van der Waals surface area contributed by atoms with E-state index < -0.39 is 18.2 Å². The first kappa shape index (κ1) is 26.6. The number of piperidine rings is 1. The van der Waals surface area contributed by atoms with Crippen LogP contribution < -0.4 is 10.2 Å². The van der Waals surface area contributed by atoms with Gasteiger partial charge >= 0.3 is 12.1 Å². The third-order valence-corrected chi connectivity index (χ3v) is 6.00. The van der Waals surface area contributed by atoms with Crippen LogP contribution in [0.1, 0.15) is 23.2 Å². The molecule has 190 valence electrons. The van der Waals surface area contributed by atoms with Crippen molar-refractivity contribution in [1.82, 2.24) is 20.2 Å². The Morgan fingerprint density at radius 3 is 2.26 bits per heavy atom. The van der Waals surface area contributed by atoms with Crippen molar-refractivity contribution in [2.75, 3.05) is 31.1 Å². The number of alkyl halides is 3. The first-order chi connectivity index (χ1) is 16.5. The topological polar surface area (TPSA) is 119 Å². The number of nitrogens with one attached hydrogen (secondary N) is 1. The van der Waals surface area contributed by atoms with Crippen LogP contribution in [0.15, 0.2) is 42.9 Å². The highest BCUT2D eigenvalue weighted by Crippen LogP contribution is 2.21. The number of amides is 1. The Balaban J connectivity index is 0.000000429. The van der Waals surface area contributed by atoms with E-state index >= 15 is 0 Å². The first-order valence-electron chi connectivity index (χ1n) is 10.8. The predicted octanol–water partition coefficient (Wildman–Crippen LogP) is 2.21. The van der Waals surface area contributed by atoms with Gasteiger partial charge in [-0.2, -0.15) is 13.2 Å². The molecule has 0 spiro atoms. The van der Waals surface area contributed by atoms with Gasteiger partial charge in [-0.1, -0.05) is 11.6 Å². The molecule has 0 aliphatic carbocycles. The summed E-state index contributed by atoms with van der Waals surface area (Å²) in [4.78, 5) is 33.7. The van der Waals surface area contributed by atoms with Gasteiger partial charge in [0.25, 0.3) is 5.91 Å². The van der Waals surface area contributed by atoms with E-state index in [9.17, 15) is 23.1 Å². The minimum Gasteiger partial charge on any atom is -0.475 e. The van der Waals surface area contributed by atoms with Crippen molar-refractivity contribution in [2.24, 2.45) is 0 Å². The number of carboxylic acids is 1. The largest absolute Gasteiger partial charge is 0.490 e. The molecule has 1 amide bonds. The summed E-state index contributed by atoms with van der Waals surface area (Å²) in [6, 6.07) is 9.17. The number of aliphatic hydroxyl groups excluding tert-OH is 1. The molecule has 0 saturated carbocycles. The van der Waals surface area contributed by atoms with Gasteiger partial charge in [0.1, 0.15) is 12.1 Å². The van der Waals surface area contributed by atoms with E-state index in [-0.39, 0.29) is 11.9 Å². The molecule has 3 N–H and O–H groups in total. The van der Waals surface area contributed by atoms with E-state index in [0.717, 1.165) is 18.7 Å². The van der Waals surface area contributed by atoms with Crippen LogP contribution in [0.3, 0.4) is 0 Å². The molecule has 0 bridgehead atoms. The Morgan fingerprint density at radius 1 is 1.09 bits per heavy atom. The Labute approximate surface area is 204 Å². The fraction of sp³-hybridized carbons (Fsp3) is 0.455. The van der Waals surface area contributed by atoms with Crippen LogP contribution in [-0.4, -0.2) is 87.5 Å². The molecular formula is C22H25ClF3N5O4. The summed E-state index contributed by atoms with van der Waals surface area (Å²) in [5.74, 6) is -1.87. The summed E-state index contributed by atoms with van der Waals surface area (Å²) in [5, 5.41) is 21.8. The fourth-order valence-electron chi connectivity index (χ4n) is 3.94. The summed E-state index contributed by atoms with van der Waals surface area (Å²) < 4.78 is 31.7. The van der Waals surface area contributed by atoms with Crippen LogP contribution in [0.5, 0.6) is 0 Å². The number of β-amino-alcohol motifs (C(OH)–C–C–N with tert-alkyl or cyclic N) is 1. The van der Waals surface area contributed by atoms with Crippen LogP contribution in [0.2, 0.25) is 5.02 Å². The molecule has 2 aliphatic heterocycles. The summed E-state index contributed by atoms with van der Waals surface area (Å²) in [5.41, 5.74) is 0.669. The van der Waals surface area contributed by atoms with Crippen LogP contribution in [0.4, 0.5) is 19.0 Å². The Hall–Kier alpha value is -2.96. The monoisotopic (exact) mass is 515 g/mol. The lowest BCUT2D eigenvalue weighted by molar-refractivity contribution is -0.192. The van der Waals surface area contributed by atoms with Gasteiger partial charge in [0.15, 0.2) is 0 Å². The SMILES string of the molecule is O=C(O)C(F)(F)F.O=C(c1ccc(Cl)cc1)N1CCC(NC2CN(c3ccncn3)C[C@H]2O)CC1. The van der Waals surface area contributed by atoms with Crippen LogP contribution in [0.25, 0.3) is 0 Å². The summed E-state index contributed by atoms with van der Waals surface area (Å²) >= 11 is 5.90. The number of carbonyl (C=O) groups is 2. The summed E-state index contributed by atoms with van der Waals surface area (Å²) in [6.07, 6.45) is -0.547. The third-order valence-electron chi connectivity index (χ3n) is 5.74. The Kier molecular flexibility index (Phi) is 8.87. The minimum atomic E-state index is -5.08. The van der Waals surface area contributed by atoms with Crippen molar-refractivity contribution in [3.05, 3.63) is 53.4 Å². The summed E-state index contributed by atoms with van der Waals surface area (Å²) in [7, 11) is 0. The maximum absolute atomic E-state index is 12.6. The number of aliphatic hydroxyl groups is 1. The highest BCUT2D eigenvalue weighted by atomic mass is 35.5. The third kappa shape index (κ3) is 7.51. The molecule has 35 heavy (non-hydrogen) atoms. The van der Waals surface area contributed by atoms with Crippen molar-refractivity contribution >= 4 is 29.3 Å². The number of halogens is 4. The van der Waals surface area contributed by atoms with Crippen molar-refractivity contribution in [3.63, 3.8) is 0 Å². The minimum absolute atomic E-state index is 0.00141. The molecule has 2 aromatic rings. The molecule has 2 aliphatic rings. The lowest BCUT2D eigenvalue weighted by atomic mass is 10.0. The van der Waals surface area contributed by atoms with Crippen molar-refractivity contribution in [1.29, 1.82) is 0 Å². The zero-order valence-electron chi connectivity index (χ0n) is 18.5. The van der Waals surface area contributed by atoms with Crippen LogP contribution in [-0.2, 0) is 4.79 Å². The zero-order chi connectivity index (χ0) is 25.6. The van der Waals surface area contributed by atoms with Gasteiger partial charge in [-0.25, -0.2) is 14.8 Å². The van der Waals surface area contributed by atoms with Gasteiger partial charge in [-0.3, -0.25) is 4.79 Å². The number of anilines is 1. The molecule has 0 radical (unpaired) electrons. The number of carbonyl (C=O) groups excluding carboxylic acids is 1. The van der Waals surface area contributed by atoms with Gasteiger partial charge in [0.05, 0.1) is 12.1 Å².